The molecule has 0 aromatic heterocycles. The molecular formula is C29H46N6O14. The molecule has 0 aliphatic heterocycles. The third kappa shape index (κ3) is 21.2. The van der Waals surface area contributed by atoms with E-state index in [1.165, 1.54) is 0 Å². The molecule has 0 rings (SSSR count). The minimum atomic E-state index is -1.62. The molecule has 0 aromatic carbocycles. The van der Waals surface area contributed by atoms with Crippen molar-refractivity contribution in [3.8, 4) is 0 Å². The molecule has 0 saturated heterocycles. The van der Waals surface area contributed by atoms with Crippen molar-refractivity contribution < 1.29 is 68.4 Å². The van der Waals surface area contributed by atoms with E-state index < -0.39 is 116 Å². The molecule has 10 N–H and O–H groups in total. The van der Waals surface area contributed by atoms with Gasteiger partial charge in [-0.3, -0.25) is 28.8 Å². The summed E-state index contributed by atoms with van der Waals surface area (Å²) in [6.45, 7) is 3.23. The van der Waals surface area contributed by atoms with E-state index in [1.807, 2.05) is 6.92 Å². The van der Waals surface area contributed by atoms with Gasteiger partial charge in [0.15, 0.2) is 0 Å². The fourth-order valence-corrected chi connectivity index (χ4v) is 4.11. The van der Waals surface area contributed by atoms with Crippen molar-refractivity contribution in [2.24, 2.45) is 0 Å². The molecule has 0 aliphatic rings. The van der Waals surface area contributed by atoms with Crippen molar-refractivity contribution in [3.63, 3.8) is 0 Å². The van der Waals surface area contributed by atoms with E-state index >= 15 is 0 Å². The molecule has 0 spiro atoms. The molecular weight excluding hydrogens is 656 g/mol. The highest BCUT2D eigenvalue weighted by Crippen LogP contribution is 2.06. The van der Waals surface area contributed by atoms with E-state index in [4.69, 9.17) is 5.11 Å². The Morgan fingerprint density at radius 3 is 1.14 bits per heavy atom. The molecule has 0 aromatic rings. The number of carboxylic acid groups (broad SMARTS) is 4. The molecule has 4 atom stereocenters. The number of carbonyl (C=O) groups excluding carboxylic acids is 6. The molecule has 0 aliphatic carbocycles. The lowest BCUT2D eigenvalue weighted by atomic mass is 10.1. The molecule has 20 heteroatoms. The number of amides is 6. The SMILES string of the molecule is CCCCCNC(=O)CNC(=O)CC[C@H](NC(=O)CCC(NC(=O)CC[C@H](NC(=O)CC[C@H](NC(C)=O)C(=O)O)C(=O)O)C(=O)O)C(=O)O. The van der Waals surface area contributed by atoms with E-state index in [1.54, 1.807) is 0 Å². The van der Waals surface area contributed by atoms with Crippen molar-refractivity contribution in [3.05, 3.63) is 0 Å². The zero-order valence-corrected chi connectivity index (χ0v) is 27.4. The highest BCUT2D eigenvalue weighted by Gasteiger charge is 2.27. The Hall–Kier alpha value is -5.30. The van der Waals surface area contributed by atoms with Crippen LogP contribution < -0.4 is 31.9 Å². The minimum absolute atomic E-state index is 0.307. The van der Waals surface area contributed by atoms with Crippen LogP contribution in [0.2, 0.25) is 0 Å². The second-order valence-electron chi connectivity index (χ2n) is 11.0. The summed E-state index contributed by atoms with van der Waals surface area (Å²) in [7, 11) is 0. The number of aliphatic carboxylic acids is 4. The zero-order valence-electron chi connectivity index (χ0n) is 27.4. The lowest BCUT2D eigenvalue weighted by molar-refractivity contribution is -0.144. The van der Waals surface area contributed by atoms with Crippen LogP contribution in [0.4, 0.5) is 0 Å². The standard InChI is InChI=1S/C29H46N6O14/c1-3-4-5-14-30-25(41)15-31-21(37)10-6-18(27(44)45)33-23(39)12-8-20(29(48)49)35-24(40)13-9-19(28(46)47)34-22(38)11-7-17(26(42)43)32-16(2)36/h17-20H,3-15H2,1-2H3,(H,30,41)(H,31,37)(H,32,36)(H,33,39)(H,34,38)(H,35,40)(H,42,43)(H,44,45)(H,46,47)(H,48,49)/t17-,18-,19-,20?/m0/s1. The molecule has 0 bridgehead atoms. The number of hydrogen-bond donors (Lipinski definition) is 10. The van der Waals surface area contributed by atoms with Crippen molar-refractivity contribution in [1.82, 2.24) is 31.9 Å². The first-order valence-electron chi connectivity index (χ1n) is 15.6. The second-order valence-corrected chi connectivity index (χ2v) is 11.0. The number of rotatable bonds is 26. The summed E-state index contributed by atoms with van der Waals surface area (Å²) < 4.78 is 0. The van der Waals surface area contributed by atoms with Crippen LogP contribution in [-0.4, -0.2) is 117 Å². The number of carboxylic acids is 4. The first-order chi connectivity index (χ1) is 23.0. The summed E-state index contributed by atoms with van der Waals surface area (Å²) in [4.78, 5) is 118. The van der Waals surface area contributed by atoms with E-state index in [2.05, 4.69) is 31.9 Å². The molecule has 20 nitrogen and oxygen atoms in total. The third-order valence-corrected chi connectivity index (χ3v) is 6.76. The predicted molar refractivity (Wildman–Crippen MR) is 166 cm³/mol. The van der Waals surface area contributed by atoms with Gasteiger partial charge in [0.2, 0.25) is 35.4 Å². The molecule has 49 heavy (non-hydrogen) atoms. The summed E-state index contributed by atoms with van der Waals surface area (Å²) >= 11 is 0. The van der Waals surface area contributed by atoms with Gasteiger partial charge < -0.3 is 52.3 Å². The fraction of sp³-hybridized carbons (Fsp3) is 0.655. The van der Waals surface area contributed by atoms with Crippen molar-refractivity contribution in [1.29, 1.82) is 0 Å². The van der Waals surface area contributed by atoms with Gasteiger partial charge in [-0.2, -0.15) is 0 Å². The van der Waals surface area contributed by atoms with Crippen LogP contribution in [-0.2, 0) is 47.9 Å². The Balaban J connectivity index is 4.82. The Morgan fingerprint density at radius 1 is 0.469 bits per heavy atom. The van der Waals surface area contributed by atoms with Crippen LogP contribution in [0.5, 0.6) is 0 Å². The molecule has 0 saturated carbocycles. The third-order valence-electron chi connectivity index (χ3n) is 6.76. The lowest BCUT2D eigenvalue weighted by Crippen LogP contribution is -2.45. The predicted octanol–water partition coefficient (Wildman–Crippen LogP) is -2.17. The summed E-state index contributed by atoms with van der Waals surface area (Å²) in [6.07, 6.45) is -0.872. The lowest BCUT2D eigenvalue weighted by Gasteiger charge is -2.18. The number of nitrogens with one attached hydrogen (secondary N) is 6. The quantitative estimate of drug-likeness (QED) is 0.0429. The van der Waals surface area contributed by atoms with E-state index in [9.17, 15) is 63.3 Å². The maximum atomic E-state index is 12.4. The average Bonchev–Trinajstić information content (AvgIpc) is 3.01. The Bertz CT molecular complexity index is 1210. The summed E-state index contributed by atoms with van der Waals surface area (Å²) in [5.41, 5.74) is 0. The second kappa shape index (κ2) is 23.9. The Labute approximate surface area is 281 Å². The van der Waals surface area contributed by atoms with Crippen molar-refractivity contribution >= 4 is 59.3 Å². The molecule has 276 valence electrons. The summed E-state index contributed by atoms with van der Waals surface area (Å²) in [5, 5.41) is 50.9. The fourth-order valence-electron chi connectivity index (χ4n) is 4.11. The van der Waals surface area contributed by atoms with Crippen LogP contribution in [0.3, 0.4) is 0 Å². The molecule has 0 fully saturated rings. The number of carbonyl (C=O) groups is 10. The van der Waals surface area contributed by atoms with E-state index in [-0.39, 0.29) is 25.8 Å². The van der Waals surface area contributed by atoms with Crippen LogP contribution >= 0.6 is 0 Å². The van der Waals surface area contributed by atoms with Gasteiger partial charge in [0.25, 0.3) is 0 Å². The maximum Gasteiger partial charge on any atom is 0.326 e. The highest BCUT2D eigenvalue weighted by molar-refractivity contribution is 5.88. The minimum Gasteiger partial charge on any atom is -0.480 e. The Kier molecular flexibility index (Phi) is 21.3. The molecule has 1 unspecified atom stereocenters. The van der Waals surface area contributed by atoms with Gasteiger partial charge in [-0.05, 0) is 32.1 Å². The van der Waals surface area contributed by atoms with Gasteiger partial charge in [0.05, 0.1) is 6.54 Å². The van der Waals surface area contributed by atoms with Crippen LogP contribution in [0.15, 0.2) is 0 Å². The average molecular weight is 703 g/mol. The monoisotopic (exact) mass is 702 g/mol. The maximum absolute atomic E-state index is 12.4. The Morgan fingerprint density at radius 2 is 0.816 bits per heavy atom. The van der Waals surface area contributed by atoms with Crippen LogP contribution in [0.25, 0.3) is 0 Å². The van der Waals surface area contributed by atoms with Crippen LogP contribution in [0, 0.1) is 0 Å². The normalized spacial score (nSPS) is 12.9. The smallest absolute Gasteiger partial charge is 0.326 e. The first kappa shape index (κ1) is 43.7. The molecule has 6 amide bonds. The van der Waals surface area contributed by atoms with Gasteiger partial charge >= 0.3 is 23.9 Å². The van der Waals surface area contributed by atoms with Gasteiger partial charge in [-0.15, -0.1) is 0 Å². The van der Waals surface area contributed by atoms with E-state index in [0.717, 1.165) is 26.2 Å². The van der Waals surface area contributed by atoms with Gasteiger partial charge in [-0.1, -0.05) is 19.8 Å². The van der Waals surface area contributed by atoms with Gasteiger partial charge in [-0.25, -0.2) is 19.2 Å². The number of hydrogen-bond acceptors (Lipinski definition) is 10. The number of unbranched alkanes of at least 4 members (excludes halogenated alkanes) is 2. The largest absolute Gasteiger partial charge is 0.480 e. The van der Waals surface area contributed by atoms with Gasteiger partial charge in [0, 0.05) is 39.2 Å². The first-order valence-corrected chi connectivity index (χ1v) is 15.6. The zero-order chi connectivity index (χ0) is 37.5. The highest BCUT2D eigenvalue weighted by atomic mass is 16.4. The summed E-state index contributed by atoms with van der Waals surface area (Å²) in [5.74, 6) is -10.3. The van der Waals surface area contributed by atoms with Crippen molar-refractivity contribution in [2.45, 2.75) is 109 Å². The topological polar surface area (TPSA) is 324 Å². The van der Waals surface area contributed by atoms with Crippen LogP contribution in [0.1, 0.15) is 84.5 Å². The molecule has 0 heterocycles. The summed E-state index contributed by atoms with van der Waals surface area (Å²) in [6, 6.07) is -6.12. The van der Waals surface area contributed by atoms with E-state index in [0.29, 0.717) is 6.54 Å². The molecule has 0 radical (unpaired) electrons. The van der Waals surface area contributed by atoms with Crippen molar-refractivity contribution in [2.75, 3.05) is 13.1 Å². The van der Waals surface area contributed by atoms with Gasteiger partial charge in [0.1, 0.15) is 24.2 Å².